The first-order chi connectivity index (χ1) is 16.2. The second kappa shape index (κ2) is 10.6. The van der Waals surface area contributed by atoms with Crippen molar-refractivity contribution in [1.29, 1.82) is 0 Å². The molecule has 0 spiro atoms. The van der Waals surface area contributed by atoms with Gasteiger partial charge in [-0.1, -0.05) is 66.2 Å². The number of amides is 1. The molecule has 1 fully saturated rings. The number of piperidine rings is 1. The zero-order valence-electron chi connectivity index (χ0n) is 19.9. The molecule has 0 N–H and O–H groups in total. The lowest BCUT2D eigenvalue weighted by molar-refractivity contribution is 0.0773. The molecule has 0 aliphatic carbocycles. The Morgan fingerprint density at radius 1 is 0.909 bits per heavy atom. The summed E-state index contributed by atoms with van der Waals surface area (Å²) in [6.07, 6.45) is 4.09. The van der Waals surface area contributed by atoms with E-state index in [1.807, 2.05) is 37.0 Å². The summed E-state index contributed by atoms with van der Waals surface area (Å²) in [6.45, 7) is 12.4. The van der Waals surface area contributed by atoms with Gasteiger partial charge in [0.1, 0.15) is 0 Å². The number of likely N-dealkylation sites (tertiary alicyclic amines) is 1. The Morgan fingerprint density at radius 3 is 2.21 bits per heavy atom. The van der Waals surface area contributed by atoms with E-state index in [4.69, 9.17) is 0 Å². The maximum atomic E-state index is 12.8. The molecule has 3 heteroatoms. The third kappa shape index (κ3) is 4.94. The van der Waals surface area contributed by atoms with Gasteiger partial charge in [0.15, 0.2) is 0 Å². The van der Waals surface area contributed by atoms with E-state index < -0.39 is 0 Å². The van der Waals surface area contributed by atoms with Crippen molar-refractivity contribution in [2.45, 2.75) is 26.7 Å². The molecule has 0 radical (unpaired) electrons. The van der Waals surface area contributed by atoms with E-state index >= 15 is 0 Å². The van der Waals surface area contributed by atoms with Gasteiger partial charge in [-0.3, -0.25) is 9.69 Å². The van der Waals surface area contributed by atoms with Crippen LogP contribution < -0.4 is 0 Å². The Labute approximate surface area is 198 Å². The molecule has 1 aliphatic rings. The third-order valence-corrected chi connectivity index (χ3v) is 6.73. The number of nitrogens with zero attached hydrogens (tertiary/aromatic N) is 2. The van der Waals surface area contributed by atoms with Crippen LogP contribution >= 0.6 is 0 Å². The van der Waals surface area contributed by atoms with Crippen LogP contribution in [-0.2, 0) is 0 Å². The quantitative estimate of drug-likeness (QED) is 0.398. The Kier molecular flexibility index (Phi) is 7.41. The average molecular weight is 439 g/mol. The van der Waals surface area contributed by atoms with Gasteiger partial charge in [0.2, 0.25) is 0 Å². The minimum Gasteiger partial charge on any atom is -0.339 e. The standard InChI is InChI=1S/C30H34N2O/c1-4-20-31-21-18-25(19-22-31)29(28-13-9-11-23-10-7-8-12-27(23)28)24-14-16-26(17-15-24)30(33)32(5-2)6-3/h4,7-17H,1,5-6,18-22H2,2-3H3. The van der Waals surface area contributed by atoms with Crippen molar-refractivity contribution in [2.75, 3.05) is 32.7 Å². The molecular weight excluding hydrogens is 404 g/mol. The van der Waals surface area contributed by atoms with Gasteiger partial charge < -0.3 is 4.90 Å². The minimum atomic E-state index is 0.101. The molecule has 1 aliphatic heterocycles. The number of hydrogen-bond acceptors (Lipinski definition) is 2. The van der Waals surface area contributed by atoms with E-state index in [1.54, 1.807) is 0 Å². The SMILES string of the molecule is C=CCN1CCC(=C(c2ccc(C(=O)N(CC)CC)cc2)c2cccc3ccccc23)CC1. The molecule has 3 aromatic rings. The molecule has 0 bridgehead atoms. The molecule has 3 aromatic carbocycles. The predicted molar refractivity (Wildman–Crippen MR) is 140 cm³/mol. The van der Waals surface area contributed by atoms with Crippen molar-refractivity contribution >= 4 is 22.3 Å². The van der Waals surface area contributed by atoms with Crippen molar-refractivity contribution in [3.8, 4) is 0 Å². The maximum Gasteiger partial charge on any atom is 0.253 e. The molecule has 4 rings (SSSR count). The van der Waals surface area contributed by atoms with Crippen LogP contribution in [-0.4, -0.2) is 48.4 Å². The first kappa shape index (κ1) is 23.0. The second-order valence-electron chi connectivity index (χ2n) is 8.65. The molecule has 33 heavy (non-hydrogen) atoms. The largest absolute Gasteiger partial charge is 0.339 e. The molecular formula is C30H34N2O. The lowest BCUT2D eigenvalue weighted by atomic mass is 9.86. The van der Waals surface area contributed by atoms with Gasteiger partial charge in [-0.15, -0.1) is 6.58 Å². The van der Waals surface area contributed by atoms with Crippen molar-refractivity contribution in [3.05, 3.63) is 102 Å². The zero-order valence-corrected chi connectivity index (χ0v) is 19.9. The van der Waals surface area contributed by atoms with Gasteiger partial charge in [0, 0.05) is 38.3 Å². The van der Waals surface area contributed by atoms with E-state index in [2.05, 4.69) is 66.1 Å². The average Bonchev–Trinajstić information content (AvgIpc) is 2.87. The molecule has 0 saturated carbocycles. The normalized spacial score (nSPS) is 14.3. The molecule has 0 unspecified atom stereocenters. The topological polar surface area (TPSA) is 23.6 Å². The molecule has 3 nitrogen and oxygen atoms in total. The molecule has 1 amide bonds. The van der Waals surface area contributed by atoms with E-state index in [-0.39, 0.29) is 5.91 Å². The van der Waals surface area contributed by atoms with E-state index in [1.165, 1.54) is 33.0 Å². The highest BCUT2D eigenvalue weighted by molar-refractivity contribution is 5.99. The summed E-state index contributed by atoms with van der Waals surface area (Å²) in [5.41, 5.74) is 6.05. The fourth-order valence-corrected chi connectivity index (χ4v) is 4.90. The summed E-state index contributed by atoms with van der Waals surface area (Å²) in [5, 5.41) is 2.53. The van der Waals surface area contributed by atoms with Crippen LogP contribution in [0, 0.1) is 0 Å². The number of benzene rings is 3. The highest BCUT2D eigenvalue weighted by atomic mass is 16.2. The van der Waals surface area contributed by atoms with Crippen molar-refractivity contribution in [2.24, 2.45) is 0 Å². The fourth-order valence-electron chi connectivity index (χ4n) is 4.90. The first-order valence-corrected chi connectivity index (χ1v) is 12.1. The minimum absolute atomic E-state index is 0.101. The van der Waals surface area contributed by atoms with Gasteiger partial charge in [-0.2, -0.15) is 0 Å². The van der Waals surface area contributed by atoms with Crippen molar-refractivity contribution in [3.63, 3.8) is 0 Å². The summed E-state index contributed by atoms with van der Waals surface area (Å²) < 4.78 is 0. The molecule has 170 valence electrons. The second-order valence-corrected chi connectivity index (χ2v) is 8.65. The van der Waals surface area contributed by atoms with Crippen LogP contribution in [0.2, 0.25) is 0 Å². The van der Waals surface area contributed by atoms with Gasteiger partial charge in [0.25, 0.3) is 5.91 Å². The van der Waals surface area contributed by atoms with Gasteiger partial charge in [0.05, 0.1) is 0 Å². The van der Waals surface area contributed by atoms with Crippen LogP contribution in [0.3, 0.4) is 0 Å². The van der Waals surface area contributed by atoms with Crippen molar-refractivity contribution < 1.29 is 4.79 Å². The number of hydrogen-bond donors (Lipinski definition) is 0. The van der Waals surface area contributed by atoms with Crippen molar-refractivity contribution in [1.82, 2.24) is 9.80 Å². The maximum absolute atomic E-state index is 12.8. The highest BCUT2D eigenvalue weighted by Gasteiger charge is 2.20. The number of carbonyl (C=O) groups excluding carboxylic acids is 1. The Balaban J connectivity index is 1.78. The smallest absolute Gasteiger partial charge is 0.253 e. The molecule has 0 atom stereocenters. The summed E-state index contributed by atoms with van der Waals surface area (Å²) in [5.74, 6) is 0.101. The lowest BCUT2D eigenvalue weighted by Gasteiger charge is -2.29. The van der Waals surface area contributed by atoms with Crippen LogP contribution in [0.5, 0.6) is 0 Å². The molecule has 1 saturated heterocycles. The number of carbonyl (C=O) groups is 1. The predicted octanol–water partition coefficient (Wildman–Crippen LogP) is 6.41. The van der Waals surface area contributed by atoms with E-state index in [0.29, 0.717) is 0 Å². The van der Waals surface area contributed by atoms with Gasteiger partial charge in [-0.05, 0) is 66.3 Å². The fraction of sp³-hybridized carbons (Fsp3) is 0.300. The Hall–Kier alpha value is -3.17. The van der Waals surface area contributed by atoms with Crippen LogP contribution in [0.25, 0.3) is 16.3 Å². The molecule has 1 heterocycles. The van der Waals surface area contributed by atoms with Crippen LogP contribution in [0.15, 0.2) is 85.0 Å². The lowest BCUT2D eigenvalue weighted by Crippen LogP contribution is -2.31. The van der Waals surface area contributed by atoms with Crippen LogP contribution in [0.4, 0.5) is 0 Å². The summed E-state index contributed by atoms with van der Waals surface area (Å²) >= 11 is 0. The number of rotatable bonds is 7. The molecule has 0 aromatic heterocycles. The monoisotopic (exact) mass is 438 g/mol. The summed E-state index contributed by atoms with van der Waals surface area (Å²) in [6, 6.07) is 23.5. The third-order valence-electron chi connectivity index (χ3n) is 6.73. The Bertz CT molecular complexity index is 1140. The van der Waals surface area contributed by atoms with Crippen LogP contribution in [0.1, 0.15) is 48.2 Å². The Morgan fingerprint density at radius 2 is 1.55 bits per heavy atom. The highest BCUT2D eigenvalue weighted by Crippen LogP contribution is 2.36. The van der Waals surface area contributed by atoms with E-state index in [0.717, 1.165) is 51.1 Å². The summed E-state index contributed by atoms with van der Waals surface area (Å²) in [7, 11) is 0. The summed E-state index contributed by atoms with van der Waals surface area (Å²) in [4.78, 5) is 17.2. The first-order valence-electron chi connectivity index (χ1n) is 12.1. The number of fused-ring (bicyclic) bond motifs is 1. The van der Waals surface area contributed by atoms with Gasteiger partial charge >= 0.3 is 0 Å². The van der Waals surface area contributed by atoms with E-state index in [9.17, 15) is 4.79 Å². The van der Waals surface area contributed by atoms with Gasteiger partial charge in [-0.25, -0.2) is 0 Å². The zero-order chi connectivity index (χ0) is 23.2.